The molecule has 0 spiro atoms. The fourth-order valence-electron chi connectivity index (χ4n) is 4.93. The molecule has 0 bridgehead atoms. The molecule has 1 amide bonds. The van der Waals surface area contributed by atoms with Crippen molar-refractivity contribution in [1.82, 2.24) is 13.3 Å². The van der Waals surface area contributed by atoms with Crippen molar-refractivity contribution in [2.75, 3.05) is 18.1 Å². The van der Waals surface area contributed by atoms with Crippen LogP contribution in [0.2, 0.25) is 0 Å². The minimum atomic E-state index is -0.808. The van der Waals surface area contributed by atoms with Gasteiger partial charge in [0, 0.05) is 24.5 Å². The highest BCUT2D eigenvalue weighted by atomic mass is 32.1. The molecule has 0 aliphatic carbocycles. The Morgan fingerprint density at radius 3 is 2.44 bits per heavy atom. The van der Waals surface area contributed by atoms with Crippen molar-refractivity contribution >= 4 is 51.4 Å². The monoisotopic (exact) mass is 572 g/mol. The highest BCUT2D eigenvalue weighted by Crippen LogP contribution is 2.43. The first-order valence-electron chi connectivity index (χ1n) is 13.6. The van der Waals surface area contributed by atoms with Gasteiger partial charge in [-0.1, -0.05) is 43.7 Å². The summed E-state index contributed by atoms with van der Waals surface area (Å²) in [7, 11) is 0. The molecule has 0 aliphatic heterocycles. The third kappa shape index (κ3) is 5.94. The first-order valence-corrected chi connectivity index (χ1v) is 14.4. The molecule has 41 heavy (non-hydrogen) atoms. The largest absolute Gasteiger partial charge is 0.515 e. The molecule has 1 N–H and O–H groups in total. The minimum Gasteiger partial charge on any atom is -0.434 e. The van der Waals surface area contributed by atoms with Gasteiger partial charge in [-0.05, 0) is 60.4 Å². The lowest BCUT2D eigenvalue weighted by Crippen LogP contribution is -2.29. The summed E-state index contributed by atoms with van der Waals surface area (Å²) in [5.74, 6) is 0.283. The van der Waals surface area contributed by atoms with Crippen LogP contribution in [0.25, 0.3) is 33.1 Å². The molecule has 10 heteroatoms. The molecular formula is C31H32N4O5S. The van der Waals surface area contributed by atoms with E-state index in [-0.39, 0.29) is 19.1 Å². The summed E-state index contributed by atoms with van der Waals surface area (Å²) < 4.78 is 21.7. The Morgan fingerprint density at radius 1 is 0.976 bits per heavy atom. The Morgan fingerprint density at radius 2 is 1.73 bits per heavy atom. The number of rotatable bonds is 10. The molecule has 9 nitrogen and oxygen atoms in total. The standard InChI is InChI=1S/C31H32N4O5S/c1-4-6-15-34(20(3)37)24-12-14-28-25(17-24)29(23-10-7-21(19-36)8-11-23)30(40-31(38)39-5-2)35(28)18-22-9-13-26-27(16-22)33-41-32-26/h7-14,16-17,36H,4-6,15,18-19H2,1-3H3. The van der Waals surface area contributed by atoms with Crippen molar-refractivity contribution in [3.63, 3.8) is 0 Å². The van der Waals surface area contributed by atoms with E-state index in [2.05, 4.69) is 15.7 Å². The van der Waals surface area contributed by atoms with Gasteiger partial charge < -0.3 is 24.0 Å². The quantitative estimate of drug-likeness (QED) is 0.189. The van der Waals surface area contributed by atoms with E-state index in [1.165, 1.54) is 0 Å². The van der Waals surface area contributed by atoms with Crippen LogP contribution in [-0.2, 0) is 22.7 Å². The fraction of sp³-hybridized carbons (Fsp3) is 0.290. The van der Waals surface area contributed by atoms with Crippen molar-refractivity contribution in [3.05, 3.63) is 71.8 Å². The van der Waals surface area contributed by atoms with E-state index in [9.17, 15) is 14.7 Å². The molecule has 0 fully saturated rings. The lowest BCUT2D eigenvalue weighted by Gasteiger charge is -2.21. The maximum Gasteiger partial charge on any atom is 0.515 e. The van der Waals surface area contributed by atoms with Gasteiger partial charge in [0.25, 0.3) is 0 Å². The average Bonchev–Trinajstić information content (AvgIpc) is 3.55. The number of ether oxygens (including phenoxy) is 2. The molecular weight excluding hydrogens is 540 g/mol. The molecule has 0 atom stereocenters. The lowest BCUT2D eigenvalue weighted by atomic mass is 10.0. The zero-order valence-electron chi connectivity index (χ0n) is 23.3. The minimum absolute atomic E-state index is 0.0424. The van der Waals surface area contributed by atoms with Crippen molar-refractivity contribution in [2.24, 2.45) is 0 Å². The molecule has 5 rings (SSSR count). The number of amides is 1. The average molecular weight is 573 g/mol. The number of anilines is 1. The third-order valence-corrected chi connectivity index (χ3v) is 7.51. The summed E-state index contributed by atoms with van der Waals surface area (Å²) in [6, 6.07) is 19.2. The zero-order chi connectivity index (χ0) is 28.9. The summed E-state index contributed by atoms with van der Waals surface area (Å²) >= 11 is 1.16. The molecule has 2 heterocycles. The second-order valence-electron chi connectivity index (χ2n) is 9.72. The molecule has 3 aromatic carbocycles. The van der Waals surface area contributed by atoms with Crippen molar-refractivity contribution < 1.29 is 24.2 Å². The number of aliphatic hydroxyl groups is 1. The SMILES string of the molecule is CCCCN(C(C)=O)c1ccc2c(c1)c(-c1ccc(CO)cc1)c(OC(=O)OCC)n2Cc1ccc2nsnc2c1. The number of carbonyl (C=O) groups is 2. The molecule has 2 aromatic heterocycles. The summed E-state index contributed by atoms with van der Waals surface area (Å²) in [5, 5.41) is 10.4. The smallest absolute Gasteiger partial charge is 0.434 e. The third-order valence-electron chi connectivity index (χ3n) is 6.95. The zero-order valence-corrected chi connectivity index (χ0v) is 24.1. The van der Waals surface area contributed by atoms with Gasteiger partial charge in [-0.2, -0.15) is 8.75 Å². The number of fused-ring (bicyclic) bond motifs is 2. The normalized spacial score (nSPS) is 11.2. The van der Waals surface area contributed by atoms with Crippen LogP contribution in [-0.4, -0.2) is 43.6 Å². The second-order valence-corrected chi connectivity index (χ2v) is 10.2. The Bertz CT molecular complexity index is 1690. The molecule has 5 aromatic rings. The van der Waals surface area contributed by atoms with Gasteiger partial charge in [-0.3, -0.25) is 4.79 Å². The lowest BCUT2D eigenvalue weighted by molar-refractivity contribution is -0.116. The van der Waals surface area contributed by atoms with E-state index in [1.807, 2.05) is 65.2 Å². The highest BCUT2D eigenvalue weighted by molar-refractivity contribution is 7.00. The number of nitrogens with zero attached hydrogens (tertiary/aromatic N) is 4. The number of benzene rings is 3. The maximum absolute atomic E-state index is 12.7. The Balaban J connectivity index is 1.74. The fourth-order valence-corrected chi connectivity index (χ4v) is 5.44. The number of hydrogen-bond acceptors (Lipinski definition) is 8. The van der Waals surface area contributed by atoms with Gasteiger partial charge in [0.15, 0.2) is 0 Å². The maximum atomic E-state index is 12.7. The van der Waals surface area contributed by atoms with Gasteiger partial charge >= 0.3 is 6.16 Å². The van der Waals surface area contributed by atoms with E-state index in [0.717, 1.165) is 68.9 Å². The molecule has 0 radical (unpaired) electrons. The predicted octanol–water partition coefficient (Wildman–Crippen LogP) is 6.54. The second kappa shape index (κ2) is 12.5. The summed E-state index contributed by atoms with van der Waals surface area (Å²) in [4.78, 5) is 27.1. The van der Waals surface area contributed by atoms with E-state index in [4.69, 9.17) is 9.47 Å². The molecule has 212 valence electrons. The Kier molecular flexibility index (Phi) is 8.61. The van der Waals surface area contributed by atoms with Crippen LogP contribution in [0.1, 0.15) is 44.7 Å². The number of aliphatic hydroxyl groups excluding tert-OH is 1. The summed E-state index contributed by atoms with van der Waals surface area (Å²) in [6.45, 7) is 6.46. The highest BCUT2D eigenvalue weighted by Gasteiger charge is 2.25. The van der Waals surface area contributed by atoms with Crippen LogP contribution in [0, 0.1) is 0 Å². The Labute approximate surface area is 242 Å². The van der Waals surface area contributed by atoms with E-state index >= 15 is 0 Å². The van der Waals surface area contributed by atoms with Crippen molar-refractivity contribution in [3.8, 4) is 17.0 Å². The van der Waals surface area contributed by atoms with Gasteiger partial charge in [-0.25, -0.2) is 4.79 Å². The Hall–Kier alpha value is -4.28. The van der Waals surface area contributed by atoms with E-state index in [1.54, 1.807) is 18.7 Å². The summed E-state index contributed by atoms with van der Waals surface area (Å²) in [6.07, 6.45) is 1.03. The number of hydrogen-bond donors (Lipinski definition) is 1. The molecule has 0 aliphatic rings. The van der Waals surface area contributed by atoms with Crippen LogP contribution in [0.5, 0.6) is 5.88 Å². The van der Waals surface area contributed by atoms with Crippen molar-refractivity contribution in [1.29, 1.82) is 0 Å². The summed E-state index contributed by atoms with van der Waals surface area (Å²) in [5.41, 5.74) is 6.41. The van der Waals surface area contributed by atoms with Crippen LogP contribution < -0.4 is 9.64 Å². The van der Waals surface area contributed by atoms with Crippen molar-refractivity contribution in [2.45, 2.75) is 46.8 Å². The topological polar surface area (TPSA) is 107 Å². The number of unbranched alkanes of at least 4 members (excludes halogenated alkanes) is 1. The first-order chi connectivity index (χ1) is 19.9. The number of carbonyl (C=O) groups excluding carboxylic acids is 2. The predicted molar refractivity (Wildman–Crippen MR) is 160 cm³/mol. The van der Waals surface area contributed by atoms with Gasteiger partial charge in [-0.15, -0.1) is 0 Å². The van der Waals surface area contributed by atoms with Gasteiger partial charge in [0.1, 0.15) is 11.0 Å². The van der Waals surface area contributed by atoms with E-state index < -0.39 is 6.16 Å². The van der Waals surface area contributed by atoms with Crippen LogP contribution in [0.15, 0.2) is 60.7 Å². The number of aromatic nitrogens is 3. The van der Waals surface area contributed by atoms with Crippen LogP contribution in [0.3, 0.4) is 0 Å². The van der Waals surface area contributed by atoms with Crippen LogP contribution >= 0.6 is 11.7 Å². The molecule has 0 saturated carbocycles. The van der Waals surface area contributed by atoms with Gasteiger partial charge in [0.2, 0.25) is 11.8 Å². The molecule has 0 saturated heterocycles. The van der Waals surface area contributed by atoms with Crippen LogP contribution in [0.4, 0.5) is 10.5 Å². The van der Waals surface area contributed by atoms with E-state index in [0.29, 0.717) is 24.5 Å². The van der Waals surface area contributed by atoms with Gasteiger partial charge in [0.05, 0.1) is 42.6 Å². The molecule has 0 unspecified atom stereocenters. The first kappa shape index (κ1) is 28.3.